The van der Waals surface area contributed by atoms with Crippen molar-refractivity contribution in [3.05, 3.63) is 96.3 Å². The molecule has 190 valence electrons. The largest absolute Gasteiger partial charge is 0.319 e. The van der Waals surface area contributed by atoms with Crippen molar-refractivity contribution in [2.45, 2.75) is 25.8 Å². The topological polar surface area (TPSA) is 86.8 Å². The van der Waals surface area contributed by atoms with Gasteiger partial charge in [0.2, 0.25) is 0 Å². The minimum Gasteiger partial charge on any atom is -0.319 e. The molecule has 7 nitrogen and oxygen atoms in total. The molecule has 4 heterocycles. The quantitative estimate of drug-likeness (QED) is 0.292. The van der Waals surface area contributed by atoms with Crippen molar-refractivity contribution in [2.75, 3.05) is 18.4 Å². The van der Waals surface area contributed by atoms with Gasteiger partial charge in [-0.3, -0.25) is 24.8 Å². The number of aromatic nitrogens is 4. The molecule has 0 spiro atoms. The Hall–Kier alpha value is -4.43. The number of aromatic amines is 1. The van der Waals surface area contributed by atoms with E-state index in [1.807, 2.05) is 30.6 Å². The molecule has 2 aromatic carbocycles. The van der Waals surface area contributed by atoms with Crippen molar-refractivity contribution in [3.8, 4) is 22.4 Å². The van der Waals surface area contributed by atoms with E-state index in [0.717, 1.165) is 47.2 Å². The third-order valence-electron chi connectivity index (χ3n) is 6.92. The second-order valence-corrected chi connectivity index (χ2v) is 9.64. The van der Waals surface area contributed by atoms with Gasteiger partial charge in [0.1, 0.15) is 5.82 Å². The number of hydrogen-bond acceptors (Lipinski definition) is 5. The van der Waals surface area contributed by atoms with E-state index in [-0.39, 0.29) is 11.7 Å². The van der Waals surface area contributed by atoms with Crippen LogP contribution in [0.25, 0.3) is 33.3 Å². The number of anilines is 1. The molecular weight excluding hydrogens is 479 g/mol. The molecule has 2 N–H and O–H groups in total. The van der Waals surface area contributed by atoms with Gasteiger partial charge in [-0.15, -0.1) is 0 Å². The highest BCUT2D eigenvalue weighted by molar-refractivity contribution is 6.11. The van der Waals surface area contributed by atoms with Gasteiger partial charge in [0, 0.05) is 35.5 Å². The summed E-state index contributed by atoms with van der Waals surface area (Å²) in [5.74, 6) is -0.629. The molecule has 8 heteroatoms. The summed E-state index contributed by atoms with van der Waals surface area (Å²) >= 11 is 0. The number of nitrogens with zero attached hydrogens (tertiary/aromatic N) is 4. The number of amides is 1. The summed E-state index contributed by atoms with van der Waals surface area (Å²) in [4.78, 5) is 24.5. The number of carbonyl (C=O) groups is 1. The third-order valence-corrected chi connectivity index (χ3v) is 6.92. The van der Waals surface area contributed by atoms with E-state index in [2.05, 4.69) is 36.4 Å². The molecule has 0 aliphatic carbocycles. The highest BCUT2D eigenvalue weighted by Crippen LogP contribution is 2.27. The minimum absolute atomic E-state index is 0.298. The van der Waals surface area contributed by atoms with Crippen LogP contribution in [-0.4, -0.2) is 44.1 Å². The summed E-state index contributed by atoms with van der Waals surface area (Å²) in [7, 11) is 0. The molecule has 1 fully saturated rings. The van der Waals surface area contributed by atoms with Crippen LogP contribution >= 0.6 is 0 Å². The first-order valence-corrected chi connectivity index (χ1v) is 12.8. The van der Waals surface area contributed by atoms with E-state index in [9.17, 15) is 9.18 Å². The van der Waals surface area contributed by atoms with Crippen molar-refractivity contribution in [2.24, 2.45) is 0 Å². The number of nitrogens with one attached hydrogen (secondary N) is 2. The molecule has 0 unspecified atom stereocenters. The lowest BCUT2D eigenvalue weighted by Gasteiger charge is -2.26. The van der Waals surface area contributed by atoms with Gasteiger partial charge in [0.15, 0.2) is 5.69 Å². The zero-order valence-corrected chi connectivity index (χ0v) is 20.8. The van der Waals surface area contributed by atoms with Crippen molar-refractivity contribution in [1.82, 2.24) is 25.1 Å². The lowest BCUT2D eigenvalue weighted by molar-refractivity contribution is 0.102. The van der Waals surface area contributed by atoms with E-state index in [4.69, 9.17) is 0 Å². The first kappa shape index (κ1) is 23.9. The Morgan fingerprint density at radius 2 is 1.71 bits per heavy atom. The number of pyridine rings is 2. The number of H-pyrrole nitrogens is 1. The molecule has 6 rings (SSSR count). The molecule has 3 aromatic heterocycles. The highest BCUT2D eigenvalue weighted by atomic mass is 19.1. The van der Waals surface area contributed by atoms with Gasteiger partial charge in [-0.1, -0.05) is 12.5 Å². The van der Waals surface area contributed by atoms with Crippen molar-refractivity contribution in [1.29, 1.82) is 0 Å². The average Bonchev–Trinajstić information content (AvgIpc) is 3.38. The monoisotopic (exact) mass is 506 g/mol. The Balaban J connectivity index is 1.20. The smallest absolute Gasteiger partial charge is 0.276 e. The van der Waals surface area contributed by atoms with Crippen molar-refractivity contribution < 1.29 is 9.18 Å². The van der Waals surface area contributed by atoms with Gasteiger partial charge < -0.3 is 5.32 Å². The molecule has 0 saturated carbocycles. The Kier molecular flexibility index (Phi) is 6.62. The Morgan fingerprint density at radius 3 is 2.50 bits per heavy atom. The van der Waals surface area contributed by atoms with Gasteiger partial charge in [0.05, 0.1) is 23.1 Å². The number of piperidine rings is 1. The minimum atomic E-state index is -0.332. The first-order valence-electron chi connectivity index (χ1n) is 12.8. The summed E-state index contributed by atoms with van der Waals surface area (Å²) in [5.41, 5.74) is 6.29. The van der Waals surface area contributed by atoms with Crippen LogP contribution < -0.4 is 5.32 Å². The Bertz CT molecular complexity index is 1570. The van der Waals surface area contributed by atoms with Crippen LogP contribution in [0, 0.1) is 5.82 Å². The number of hydrogen-bond donors (Lipinski definition) is 2. The lowest BCUT2D eigenvalue weighted by Crippen LogP contribution is -2.29. The maximum Gasteiger partial charge on any atom is 0.276 e. The van der Waals surface area contributed by atoms with Crippen LogP contribution in [0.4, 0.5) is 10.1 Å². The second kappa shape index (κ2) is 10.5. The summed E-state index contributed by atoms with van der Waals surface area (Å²) in [6.07, 6.45) is 9.19. The van der Waals surface area contributed by atoms with Gasteiger partial charge in [-0.25, -0.2) is 4.39 Å². The summed E-state index contributed by atoms with van der Waals surface area (Å²) in [6.45, 7) is 3.17. The Morgan fingerprint density at radius 1 is 0.895 bits per heavy atom. The third kappa shape index (κ3) is 5.17. The zero-order chi connectivity index (χ0) is 25.9. The van der Waals surface area contributed by atoms with E-state index in [1.165, 1.54) is 37.0 Å². The number of likely N-dealkylation sites (tertiary alicyclic amines) is 1. The van der Waals surface area contributed by atoms with Gasteiger partial charge >= 0.3 is 0 Å². The van der Waals surface area contributed by atoms with Crippen LogP contribution in [-0.2, 0) is 6.54 Å². The molecule has 5 aromatic rings. The predicted molar refractivity (Wildman–Crippen MR) is 146 cm³/mol. The number of rotatable bonds is 6. The van der Waals surface area contributed by atoms with E-state index in [1.54, 1.807) is 30.5 Å². The van der Waals surface area contributed by atoms with Crippen molar-refractivity contribution in [3.63, 3.8) is 0 Å². The molecule has 1 aliphatic rings. The molecular formula is C30H27FN6O. The van der Waals surface area contributed by atoms with Crippen LogP contribution in [0.3, 0.4) is 0 Å². The fourth-order valence-corrected chi connectivity index (χ4v) is 4.92. The van der Waals surface area contributed by atoms with E-state index >= 15 is 0 Å². The van der Waals surface area contributed by atoms with Gasteiger partial charge in [-0.05, 0) is 91.7 Å². The lowest BCUT2D eigenvalue weighted by atomic mass is 10.0. The van der Waals surface area contributed by atoms with Crippen LogP contribution in [0.15, 0.2) is 79.3 Å². The summed E-state index contributed by atoms with van der Waals surface area (Å²) < 4.78 is 13.2. The number of halogens is 1. The number of benzene rings is 2. The number of carbonyl (C=O) groups excluding carboxylic acids is 1. The van der Waals surface area contributed by atoms with Crippen molar-refractivity contribution >= 4 is 22.5 Å². The fourth-order valence-electron chi connectivity index (χ4n) is 4.92. The highest BCUT2D eigenvalue weighted by Gasteiger charge is 2.16. The molecule has 1 amide bonds. The maximum atomic E-state index is 13.2. The maximum absolute atomic E-state index is 13.2. The standard InChI is InChI=1S/C30H27FN6O/c31-24-7-4-21(5-8-24)27-11-9-25(18-33-27)34-30(38)29-26-15-22(6-10-28(26)35-36-29)23-14-20(16-32-17-23)19-37-12-2-1-3-13-37/h4-11,14-18H,1-3,12-13,19H2,(H,34,38)(H,35,36). The SMILES string of the molecule is O=C(Nc1ccc(-c2ccc(F)cc2)nc1)c1n[nH]c2ccc(-c3cncc(CN4CCCCC4)c3)cc12. The normalized spacial score (nSPS) is 14.0. The van der Waals surface area contributed by atoms with E-state index < -0.39 is 0 Å². The molecule has 38 heavy (non-hydrogen) atoms. The molecule has 1 saturated heterocycles. The first-order chi connectivity index (χ1) is 18.6. The van der Waals surface area contributed by atoms with Crippen LogP contribution in [0.2, 0.25) is 0 Å². The molecule has 0 radical (unpaired) electrons. The molecule has 0 bridgehead atoms. The zero-order valence-electron chi connectivity index (χ0n) is 20.8. The fraction of sp³-hybridized carbons (Fsp3) is 0.200. The summed E-state index contributed by atoms with van der Waals surface area (Å²) in [6, 6.07) is 17.8. The van der Waals surface area contributed by atoms with Crippen LogP contribution in [0.5, 0.6) is 0 Å². The van der Waals surface area contributed by atoms with Crippen LogP contribution in [0.1, 0.15) is 35.3 Å². The van der Waals surface area contributed by atoms with Gasteiger partial charge in [-0.2, -0.15) is 5.10 Å². The van der Waals surface area contributed by atoms with E-state index in [0.29, 0.717) is 17.1 Å². The second-order valence-electron chi connectivity index (χ2n) is 9.64. The molecule has 1 aliphatic heterocycles. The number of fused-ring (bicyclic) bond motifs is 1. The van der Waals surface area contributed by atoms with Gasteiger partial charge in [0.25, 0.3) is 5.91 Å². The summed E-state index contributed by atoms with van der Waals surface area (Å²) in [5, 5.41) is 10.8. The predicted octanol–water partition coefficient (Wildman–Crippen LogP) is 6.06. The average molecular weight is 507 g/mol. The Labute approximate surface area is 219 Å². The molecule has 0 atom stereocenters.